The lowest BCUT2D eigenvalue weighted by Gasteiger charge is -2.36. The Bertz CT molecular complexity index is 487. The van der Waals surface area contributed by atoms with Crippen LogP contribution in [0.3, 0.4) is 0 Å². The van der Waals surface area contributed by atoms with Crippen LogP contribution < -0.4 is 10.2 Å². The summed E-state index contributed by atoms with van der Waals surface area (Å²) < 4.78 is 0. The molecule has 2 amide bonds. The summed E-state index contributed by atoms with van der Waals surface area (Å²) in [5, 5.41) is 2.98. The minimum Gasteiger partial charge on any atom is -0.368 e. The van der Waals surface area contributed by atoms with E-state index in [0.717, 1.165) is 32.7 Å². The number of carbonyl (C=O) groups excluding carboxylic acids is 1. The van der Waals surface area contributed by atoms with Gasteiger partial charge in [-0.15, -0.1) is 0 Å². The summed E-state index contributed by atoms with van der Waals surface area (Å²) in [7, 11) is 4.02. The summed E-state index contributed by atoms with van der Waals surface area (Å²) in [6, 6.07) is 6.69. The number of carbonyl (C=O) groups is 1. The van der Waals surface area contributed by atoms with Gasteiger partial charge in [0.25, 0.3) is 0 Å². The summed E-state index contributed by atoms with van der Waals surface area (Å²) in [6.07, 6.45) is 0. The number of amides is 2. The third kappa shape index (κ3) is 4.63. The zero-order valence-corrected chi connectivity index (χ0v) is 14.2. The smallest absolute Gasteiger partial charge is 0.317 e. The number of benzene rings is 1. The van der Waals surface area contributed by atoms with Crippen LogP contribution in [0.2, 0.25) is 0 Å². The first kappa shape index (κ1) is 16.6. The minimum absolute atomic E-state index is 0.0573. The van der Waals surface area contributed by atoms with Gasteiger partial charge in [0.2, 0.25) is 0 Å². The van der Waals surface area contributed by atoms with Crippen molar-refractivity contribution >= 4 is 11.7 Å². The van der Waals surface area contributed by atoms with E-state index in [4.69, 9.17) is 0 Å². The Morgan fingerprint density at radius 1 is 1.09 bits per heavy atom. The SMILES string of the molecule is Cc1cc(C)cc(N2CCN(C(=O)NCCN(C)C)CC2)c1. The van der Waals surface area contributed by atoms with Gasteiger partial charge in [-0.3, -0.25) is 0 Å². The van der Waals surface area contributed by atoms with E-state index in [1.54, 1.807) is 0 Å². The van der Waals surface area contributed by atoms with E-state index in [1.165, 1.54) is 16.8 Å². The van der Waals surface area contributed by atoms with Crippen LogP contribution >= 0.6 is 0 Å². The second-order valence-electron chi connectivity index (χ2n) is 6.36. The van der Waals surface area contributed by atoms with Crippen molar-refractivity contribution in [3.8, 4) is 0 Å². The van der Waals surface area contributed by atoms with Gasteiger partial charge in [0.15, 0.2) is 0 Å². The molecule has 1 aromatic rings. The highest BCUT2D eigenvalue weighted by Gasteiger charge is 2.21. The zero-order chi connectivity index (χ0) is 16.1. The highest BCUT2D eigenvalue weighted by molar-refractivity contribution is 5.74. The number of nitrogens with one attached hydrogen (secondary N) is 1. The van der Waals surface area contributed by atoms with Gasteiger partial charge in [-0.1, -0.05) is 6.07 Å². The Hall–Kier alpha value is -1.75. The summed E-state index contributed by atoms with van der Waals surface area (Å²) >= 11 is 0. The lowest BCUT2D eigenvalue weighted by atomic mass is 10.1. The van der Waals surface area contributed by atoms with E-state index in [0.29, 0.717) is 6.54 Å². The maximum atomic E-state index is 12.1. The van der Waals surface area contributed by atoms with Gasteiger partial charge < -0.3 is 20.0 Å². The lowest BCUT2D eigenvalue weighted by Crippen LogP contribution is -2.52. The van der Waals surface area contributed by atoms with Crippen LogP contribution in [0.5, 0.6) is 0 Å². The van der Waals surface area contributed by atoms with Crippen LogP contribution in [-0.4, -0.2) is 69.2 Å². The summed E-state index contributed by atoms with van der Waals surface area (Å²) in [4.78, 5) is 18.5. The fraction of sp³-hybridized carbons (Fsp3) is 0.588. The molecule has 1 heterocycles. The molecule has 5 heteroatoms. The number of rotatable bonds is 4. The predicted molar refractivity (Wildman–Crippen MR) is 91.7 cm³/mol. The molecule has 1 N–H and O–H groups in total. The summed E-state index contributed by atoms with van der Waals surface area (Å²) in [6.45, 7) is 9.17. The molecule has 1 saturated heterocycles. The van der Waals surface area contributed by atoms with Gasteiger partial charge in [-0.05, 0) is 51.2 Å². The first-order valence-electron chi connectivity index (χ1n) is 7.96. The van der Waals surface area contributed by atoms with E-state index in [9.17, 15) is 4.79 Å². The van der Waals surface area contributed by atoms with Gasteiger partial charge in [0, 0.05) is 45.0 Å². The van der Waals surface area contributed by atoms with Gasteiger partial charge in [0.05, 0.1) is 0 Å². The summed E-state index contributed by atoms with van der Waals surface area (Å²) in [5.41, 5.74) is 3.85. The van der Waals surface area contributed by atoms with Crippen molar-refractivity contribution in [2.75, 3.05) is 58.3 Å². The number of piperazine rings is 1. The van der Waals surface area contributed by atoms with Crippen LogP contribution in [0.4, 0.5) is 10.5 Å². The average Bonchev–Trinajstić information content (AvgIpc) is 2.46. The molecule has 0 radical (unpaired) electrons. The van der Waals surface area contributed by atoms with Crippen LogP contribution in [0.25, 0.3) is 0 Å². The molecule has 1 aromatic carbocycles. The maximum absolute atomic E-state index is 12.1. The molecule has 1 fully saturated rings. The molecular weight excluding hydrogens is 276 g/mol. The molecular formula is C17H28N4O. The Balaban J connectivity index is 1.83. The second-order valence-corrected chi connectivity index (χ2v) is 6.36. The van der Waals surface area contributed by atoms with Crippen molar-refractivity contribution in [2.45, 2.75) is 13.8 Å². The average molecular weight is 304 g/mol. The van der Waals surface area contributed by atoms with E-state index >= 15 is 0 Å². The molecule has 0 atom stereocenters. The molecule has 22 heavy (non-hydrogen) atoms. The molecule has 0 aliphatic carbocycles. The molecule has 0 bridgehead atoms. The molecule has 0 saturated carbocycles. The van der Waals surface area contributed by atoms with Crippen molar-refractivity contribution in [1.82, 2.24) is 15.1 Å². The van der Waals surface area contributed by atoms with Gasteiger partial charge in [-0.2, -0.15) is 0 Å². The third-order valence-electron chi connectivity index (χ3n) is 3.97. The highest BCUT2D eigenvalue weighted by atomic mass is 16.2. The number of hydrogen-bond acceptors (Lipinski definition) is 3. The number of aryl methyl sites for hydroxylation is 2. The van der Waals surface area contributed by atoms with E-state index in [2.05, 4.69) is 47.2 Å². The fourth-order valence-electron chi connectivity index (χ4n) is 2.80. The molecule has 0 spiro atoms. The Morgan fingerprint density at radius 3 is 2.23 bits per heavy atom. The quantitative estimate of drug-likeness (QED) is 0.920. The largest absolute Gasteiger partial charge is 0.368 e. The molecule has 122 valence electrons. The molecule has 5 nitrogen and oxygen atoms in total. The van der Waals surface area contributed by atoms with Crippen molar-refractivity contribution in [1.29, 1.82) is 0 Å². The molecule has 0 aromatic heterocycles. The van der Waals surface area contributed by atoms with Crippen molar-refractivity contribution in [2.24, 2.45) is 0 Å². The van der Waals surface area contributed by atoms with Gasteiger partial charge in [-0.25, -0.2) is 4.79 Å². The number of likely N-dealkylation sites (N-methyl/N-ethyl adjacent to an activating group) is 1. The molecule has 0 unspecified atom stereocenters. The molecule has 1 aliphatic heterocycles. The number of hydrogen-bond donors (Lipinski definition) is 1. The number of anilines is 1. The van der Waals surface area contributed by atoms with Crippen LogP contribution in [0.1, 0.15) is 11.1 Å². The van der Waals surface area contributed by atoms with E-state index in [1.807, 2.05) is 19.0 Å². The zero-order valence-electron chi connectivity index (χ0n) is 14.2. The highest BCUT2D eigenvalue weighted by Crippen LogP contribution is 2.20. The van der Waals surface area contributed by atoms with Crippen molar-refractivity contribution < 1.29 is 4.79 Å². The molecule has 1 aliphatic rings. The first-order valence-corrected chi connectivity index (χ1v) is 7.96. The van der Waals surface area contributed by atoms with Crippen LogP contribution in [0.15, 0.2) is 18.2 Å². The van der Waals surface area contributed by atoms with E-state index < -0.39 is 0 Å². The topological polar surface area (TPSA) is 38.8 Å². The number of urea groups is 1. The van der Waals surface area contributed by atoms with E-state index in [-0.39, 0.29) is 6.03 Å². The number of nitrogens with zero attached hydrogens (tertiary/aromatic N) is 3. The lowest BCUT2D eigenvalue weighted by molar-refractivity contribution is 0.193. The van der Waals surface area contributed by atoms with Crippen molar-refractivity contribution in [3.63, 3.8) is 0 Å². The second kappa shape index (κ2) is 7.49. The van der Waals surface area contributed by atoms with Crippen LogP contribution in [-0.2, 0) is 0 Å². The first-order chi connectivity index (χ1) is 10.5. The fourth-order valence-corrected chi connectivity index (χ4v) is 2.80. The van der Waals surface area contributed by atoms with Crippen molar-refractivity contribution in [3.05, 3.63) is 29.3 Å². The minimum atomic E-state index is 0.0573. The van der Waals surface area contributed by atoms with Crippen LogP contribution in [0, 0.1) is 13.8 Å². The Morgan fingerprint density at radius 2 is 1.68 bits per heavy atom. The monoisotopic (exact) mass is 304 g/mol. The predicted octanol–water partition coefficient (Wildman–Crippen LogP) is 1.70. The van der Waals surface area contributed by atoms with Gasteiger partial charge >= 0.3 is 6.03 Å². The molecule has 2 rings (SSSR count). The van der Waals surface area contributed by atoms with Gasteiger partial charge in [0.1, 0.15) is 0 Å². The Kier molecular flexibility index (Phi) is 5.66. The summed E-state index contributed by atoms with van der Waals surface area (Å²) in [5.74, 6) is 0. The third-order valence-corrected chi connectivity index (χ3v) is 3.97. The maximum Gasteiger partial charge on any atom is 0.317 e. The normalized spacial score (nSPS) is 15.3. The standard InChI is InChI=1S/C17H28N4O/c1-14-11-15(2)13-16(12-14)20-7-9-21(10-8-20)17(22)18-5-6-19(3)4/h11-13H,5-10H2,1-4H3,(H,18,22). The Labute approximate surface area is 133 Å².